The molecule has 0 amide bonds. The van der Waals surface area contributed by atoms with E-state index in [2.05, 4.69) is 34.8 Å². The van der Waals surface area contributed by atoms with E-state index in [1.165, 1.54) is 5.56 Å². The number of rotatable bonds is 3. The maximum absolute atomic E-state index is 5.75. The first kappa shape index (κ1) is 10.1. The lowest BCUT2D eigenvalue weighted by molar-refractivity contribution is 0.928. The van der Waals surface area contributed by atoms with Gasteiger partial charge < -0.3 is 10.6 Å². The van der Waals surface area contributed by atoms with Gasteiger partial charge in [-0.15, -0.1) is 0 Å². The van der Waals surface area contributed by atoms with Gasteiger partial charge in [-0.2, -0.15) is 11.3 Å². The summed E-state index contributed by atoms with van der Waals surface area (Å²) in [5.41, 5.74) is 9.05. The van der Waals surface area contributed by atoms with Gasteiger partial charge in [0.25, 0.3) is 0 Å². The number of thiophene rings is 1. The largest absolute Gasteiger partial charge is 0.399 e. The Morgan fingerprint density at radius 3 is 2.87 bits per heavy atom. The summed E-state index contributed by atoms with van der Waals surface area (Å²) in [5.74, 6) is 0. The minimum Gasteiger partial charge on any atom is -0.399 e. The molecule has 15 heavy (non-hydrogen) atoms. The average molecular weight is 218 g/mol. The van der Waals surface area contributed by atoms with Crippen molar-refractivity contribution in [2.75, 3.05) is 17.7 Å². The second-order valence-corrected chi connectivity index (χ2v) is 4.36. The third-order valence-electron chi connectivity index (χ3n) is 2.31. The second kappa shape index (κ2) is 4.36. The zero-order valence-electron chi connectivity index (χ0n) is 8.68. The first-order valence-corrected chi connectivity index (χ1v) is 5.78. The molecule has 2 N–H and O–H groups in total. The number of hydrogen-bond acceptors (Lipinski definition) is 3. The van der Waals surface area contributed by atoms with Gasteiger partial charge in [-0.05, 0) is 40.6 Å². The minimum absolute atomic E-state index is 0.810. The number of nitrogens with two attached hydrogens (primary N) is 1. The van der Waals surface area contributed by atoms with Crippen molar-refractivity contribution in [3.8, 4) is 0 Å². The Hall–Kier alpha value is -1.48. The van der Waals surface area contributed by atoms with Crippen LogP contribution in [-0.2, 0) is 6.54 Å². The number of hydrogen-bond donors (Lipinski definition) is 1. The van der Waals surface area contributed by atoms with Crippen LogP contribution in [0.5, 0.6) is 0 Å². The molecule has 2 nitrogen and oxygen atoms in total. The fraction of sp³-hybridized carbons (Fsp3) is 0.167. The van der Waals surface area contributed by atoms with Crippen LogP contribution in [-0.4, -0.2) is 7.05 Å². The number of nitrogens with zero attached hydrogens (tertiary/aromatic N) is 1. The van der Waals surface area contributed by atoms with Crippen LogP contribution in [0.2, 0.25) is 0 Å². The molecule has 0 saturated carbocycles. The molecule has 0 bridgehead atoms. The molecule has 3 heteroatoms. The monoisotopic (exact) mass is 218 g/mol. The average Bonchev–Trinajstić information content (AvgIpc) is 2.70. The lowest BCUT2D eigenvalue weighted by Gasteiger charge is -2.18. The quantitative estimate of drug-likeness (QED) is 0.802. The third-order valence-corrected chi connectivity index (χ3v) is 3.04. The molecule has 2 aromatic rings. The van der Waals surface area contributed by atoms with E-state index in [0.717, 1.165) is 17.9 Å². The van der Waals surface area contributed by atoms with Crippen LogP contribution in [0.3, 0.4) is 0 Å². The van der Waals surface area contributed by atoms with Crippen molar-refractivity contribution >= 4 is 22.7 Å². The van der Waals surface area contributed by atoms with Crippen LogP contribution in [0.15, 0.2) is 41.1 Å². The molecule has 0 atom stereocenters. The second-order valence-electron chi connectivity index (χ2n) is 3.58. The summed E-state index contributed by atoms with van der Waals surface area (Å²) in [7, 11) is 2.08. The summed E-state index contributed by atoms with van der Waals surface area (Å²) in [4.78, 5) is 2.19. The predicted molar refractivity (Wildman–Crippen MR) is 67.3 cm³/mol. The highest BCUT2D eigenvalue weighted by Crippen LogP contribution is 2.18. The molecule has 2 rings (SSSR count). The highest BCUT2D eigenvalue weighted by Gasteiger charge is 2.02. The van der Waals surface area contributed by atoms with E-state index in [9.17, 15) is 0 Å². The van der Waals surface area contributed by atoms with Gasteiger partial charge in [-0.25, -0.2) is 0 Å². The zero-order chi connectivity index (χ0) is 10.7. The van der Waals surface area contributed by atoms with Crippen molar-refractivity contribution in [2.45, 2.75) is 6.54 Å². The van der Waals surface area contributed by atoms with Gasteiger partial charge in [0.1, 0.15) is 0 Å². The van der Waals surface area contributed by atoms with E-state index in [4.69, 9.17) is 5.73 Å². The normalized spacial score (nSPS) is 10.2. The van der Waals surface area contributed by atoms with Gasteiger partial charge in [0.05, 0.1) is 0 Å². The summed E-state index contributed by atoms with van der Waals surface area (Å²) < 4.78 is 0. The molecule has 78 valence electrons. The lowest BCUT2D eigenvalue weighted by Crippen LogP contribution is -2.15. The summed E-state index contributed by atoms with van der Waals surface area (Å²) in [6, 6.07) is 10.1. The molecule has 0 aliphatic heterocycles. The van der Waals surface area contributed by atoms with Crippen molar-refractivity contribution in [3.63, 3.8) is 0 Å². The molecule has 0 spiro atoms. The van der Waals surface area contributed by atoms with Gasteiger partial charge in [-0.3, -0.25) is 0 Å². The molecule has 1 aromatic carbocycles. The van der Waals surface area contributed by atoms with Crippen LogP contribution in [0, 0.1) is 0 Å². The van der Waals surface area contributed by atoms with E-state index in [-0.39, 0.29) is 0 Å². The highest BCUT2D eigenvalue weighted by molar-refractivity contribution is 7.07. The number of benzene rings is 1. The summed E-state index contributed by atoms with van der Waals surface area (Å²) in [6.07, 6.45) is 0. The molecule has 0 saturated heterocycles. The van der Waals surface area contributed by atoms with E-state index in [1.807, 2.05) is 18.2 Å². The smallest absolute Gasteiger partial charge is 0.0434 e. The molecule has 0 aliphatic carbocycles. The van der Waals surface area contributed by atoms with Gasteiger partial charge >= 0.3 is 0 Å². The Labute approximate surface area is 94.0 Å². The van der Waals surface area contributed by atoms with E-state index in [0.29, 0.717) is 0 Å². The van der Waals surface area contributed by atoms with Crippen molar-refractivity contribution < 1.29 is 0 Å². The molecule has 0 radical (unpaired) electrons. The first-order valence-electron chi connectivity index (χ1n) is 4.83. The van der Waals surface area contributed by atoms with Gasteiger partial charge in [-0.1, -0.05) is 6.07 Å². The molecule has 1 aromatic heterocycles. The Bertz CT molecular complexity index is 423. The van der Waals surface area contributed by atoms with E-state index < -0.39 is 0 Å². The predicted octanol–water partition coefficient (Wildman–Crippen LogP) is 2.97. The summed E-state index contributed by atoms with van der Waals surface area (Å²) in [5, 5.41) is 4.27. The molecule has 0 aliphatic rings. The van der Waals surface area contributed by atoms with Crippen molar-refractivity contribution in [3.05, 3.63) is 46.7 Å². The Balaban J connectivity index is 2.11. The summed E-state index contributed by atoms with van der Waals surface area (Å²) in [6.45, 7) is 0.924. The molecular formula is C12H14N2S. The number of nitrogen functional groups attached to an aromatic ring is 1. The lowest BCUT2D eigenvalue weighted by atomic mass is 10.2. The summed E-state index contributed by atoms with van der Waals surface area (Å²) >= 11 is 1.73. The standard InChI is InChI=1S/C12H14N2S/c1-14(8-10-5-6-15-9-10)12-4-2-3-11(13)7-12/h2-7,9H,8,13H2,1H3. The maximum atomic E-state index is 5.75. The number of anilines is 2. The van der Waals surface area contributed by atoms with Crippen molar-refractivity contribution in [2.24, 2.45) is 0 Å². The Morgan fingerprint density at radius 1 is 1.33 bits per heavy atom. The first-order chi connectivity index (χ1) is 7.25. The van der Waals surface area contributed by atoms with Crippen LogP contribution >= 0.6 is 11.3 Å². The molecule has 1 heterocycles. The molecular weight excluding hydrogens is 204 g/mol. The van der Waals surface area contributed by atoms with Crippen molar-refractivity contribution in [1.82, 2.24) is 0 Å². The SMILES string of the molecule is CN(Cc1ccsc1)c1cccc(N)c1. The van der Waals surface area contributed by atoms with Crippen LogP contribution in [0.1, 0.15) is 5.56 Å². The van der Waals surface area contributed by atoms with Crippen molar-refractivity contribution in [1.29, 1.82) is 0 Å². The minimum atomic E-state index is 0.810. The van der Waals surface area contributed by atoms with Gasteiger partial charge in [0.15, 0.2) is 0 Å². The van der Waals surface area contributed by atoms with Gasteiger partial charge in [0.2, 0.25) is 0 Å². The Kier molecular flexibility index (Phi) is 2.92. The van der Waals surface area contributed by atoms with Gasteiger partial charge in [0, 0.05) is 25.0 Å². The fourth-order valence-corrected chi connectivity index (χ4v) is 2.17. The third kappa shape index (κ3) is 2.50. The Morgan fingerprint density at radius 2 is 2.20 bits per heavy atom. The maximum Gasteiger partial charge on any atom is 0.0434 e. The highest BCUT2D eigenvalue weighted by atomic mass is 32.1. The van der Waals surface area contributed by atoms with E-state index in [1.54, 1.807) is 11.3 Å². The zero-order valence-corrected chi connectivity index (χ0v) is 9.50. The topological polar surface area (TPSA) is 29.3 Å². The van der Waals surface area contributed by atoms with E-state index >= 15 is 0 Å². The van der Waals surface area contributed by atoms with Crippen LogP contribution in [0.25, 0.3) is 0 Å². The fourth-order valence-electron chi connectivity index (χ4n) is 1.51. The van der Waals surface area contributed by atoms with Crippen LogP contribution in [0.4, 0.5) is 11.4 Å². The molecule has 0 unspecified atom stereocenters. The molecule has 0 fully saturated rings. The van der Waals surface area contributed by atoms with Crippen LogP contribution < -0.4 is 10.6 Å².